The quantitative estimate of drug-likeness (QED) is 0.744. The highest BCUT2D eigenvalue weighted by Gasteiger charge is 2.40. The monoisotopic (exact) mass is 245 g/mol. The maximum atomic E-state index is 11.0. The van der Waals surface area contributed by atoms with E-state index in [2.05, 4.69) is 36.5 Å². The molecule has 0 spiro atoms. The second kappa shape index (κ2) is 4.58. The fourth-order valence-electron chi connectivity index (χ4n) is 3.49. The molecule has 18 heavy (non-hydrogen) atoms. The average Bonchev–Trinajstić information content (AvgIpc) is 2.73. The molecule has 0 radical (unpaired) electrons. The summed E-state index contributed by atoms with van der Waals surface area (Å²) in [5, 5.41) is 14.5. The number of para-hydroxylation sites is 1. The number of anilines is 1. The zero-order valence-electron chi connectivity index (χ0n) is 11.2. The minimum Gasteiger partial charge on any atom is -0.388 e. The van der Waals surface area contributed by atoms with Crippen LogP contribution in [0.4, 0.5) is 5.69 Å². The molecule has 2 nitrogen and oxygen atoms in total. The number of hydrogen-bond donors (Lipinski definition) is 2. The van der Waals surface area contributed by atoms with Crippen LogP contribution in [0.25, 0.3) is 0 Å². The highest BCUT2D eigenvalue weighted by molar-refractivity contribution is 5.57. The van der Waals surface area contributed by atoms with E-state index >= 15 is 0 Å². The second-order valence-corrected chi connectivity index (χ2v) is 6.20. The Kier molecular flexibility index (Phi) is 3.06. The smallest absolute Gasteiger partial charge is 0.0851 e. The summed E-state index contributed by atoms with van der Waals surface area (Å²) >= 11 is 0. The molecular weight excluding hydrogens is 222 g/mol. The first-order valence-corrected chi connectivity index (χ1v) is 7.24. The van der Waals surface area contributed by atoms with Crippen LogP contribution in [0.15, 0.2) is 24.3 Å². The van der Waals surface area contributed by atoms with Gasteiger partial charge in [0.05, 0.1) is 11.6 Å². The van der Waals surface area contributed by atoms with Crippen LogP contribution in [0.2, 0.25) is 0 Å². The molecule has 0 saturated heterocycles. The number of fused-ring (bicyclic) bond motifs is 1. The van der Waals surface area contributed by atoms with Gasteiger partial charge in [0.2, 0.25) is 0 Å². The minimum absolute atomic E-state index is 0.209. The van der Waals surface area contributed by atoms with Gasteiger partial charge in [-0.1, -0.05) is 38.0 Å². The molecular formula is C16H23NO. The summed E-state index contributed by atoms with van der Waals surface area (Å²) in [5.41, 5.74) is 2.06. The van der Waals surface area contributed by atoms with Crippen LogP contribution in [0.3, 0.4) is 0 Å². The Morgan fingerprint density at radius 1 is 1.22 bits per heavy atom. The van der Waals surface area contributed by atoms with E-state index in [1.54, 1.807) is 0 Å². The molecule has 1 aliphatic carbocycles. The van der Waals surface area contributed by atoms with Gasteiger partial charge in [0, 0.05) is 5.69 Å². The normalized spacial score (nSPS) is 35.7. The molecule has 1 aromatic rings. The van der Waals surface area contributed by atoms with E-state index in [1.165, 1.54) is 17.7 Å². The van der Waals surface area contributed by atoms with Gasteiger partial charge in [-0.25, -0.2) is 0 Å². The number of rotatable bonds is 1. The van der Waals surface area contributed by atoms with E-state index < -0.39 is 5.60 Å². The Hall–Kier alpha value is -1.02. The fourth-order valence-corrected chi connectivity index (χ4v) is 3.49. The van der Waals surface area contributed by atoms with Crippen LogP contribution in [0.1, 0.15) is 44.6 Å². The summed E-state index contributed by atoms with van der Waals surface area (Å²) in [6.07, 6.45) is 6.45. The first-order valence-electron chi connectivity index (χ1n) is 7.24. The molecule has 98 valence electrons. The van der Waals surface area contributed by atoms with Gasteiger partial charge in [0.1, 0.15) is 0 Å². The third-order valence-corrected chi connectivity index (χ3v) is 4.80. The van der Waals surface area contributed by atoms with Gasteiger partial charge in [0.25, 0.3) is 0 Å². The largest absolute Gasteiger partial charge is 0.388 e. The molecule has 2 aliphatic rings. The van der Waals surface area contributed by atoms with Crippen molar-refractivity contribution in [1.82, 2.24) is 0 Å². The number of nitrogens with one attached hydrogen (secondary N) is 1. The lowest BCUT2D eigenvalue weighted by molar-refractivity contribution is 0.00710. The van der Waals surface area contributed by atoms with Gasteiger partial charge >= 0.3 is 0 Å². The third kappa shape index (κ3) is 2.14. The average molecular weight is 245 g/mol. The first-order chi connectivity index (χ1) is 8.67. The topological polar surface area (TPSA) is 32.3 Å². The van der Waals surface area contributed by atoms with Gasteiger partial charge in [-0.2, -0.15) is 0 Å². The highest BCUT2D eigenvalue weighted by atomic mass is 16.3. The molecule has 1 aliphatic heterocycles. The Morgan fingerprint density at radius 3 is 2.89 bits per heavy atom. The van der Waals surface area contributed by atoms with Crippen molar-refractivity contribution in [1.29, 1.82) is 0 Å². The molecule has 3 rings (SSSR count). The van der Waals surface area contributed by atoms with Crippen molar-refractivity contribution in [3.8, 4) is 0 Å². The van der Waals surface area contributed by atoms with Crippen molar-refractivity contribution < 1.29 is 5.11 Å². The summed E-state index contributed by atoms with van der Waals surface area (Å²) in [6, 6.07) is 8.65. The molecule has 2 N–H and O–H groups in total. The Morgan fingerprint density at radius 2 is 2.06 bits per heavy atom. The van der Waals surface area contributed by atoms with Crippen LogP contribution >= 0.6 is 0 Å². The molecule has 1 heterocycles. The van der Waals surface area contributed by atoms with Gasteiger partial charge in [-0.15, -0.1) is 0 Å². The van der Waals surface area contributed by atoms with Crippen molar-refractivity contribution in [2.45, 2.75) is 57.1 Å². The molecule has 0 bridgehead atoms. The predicted molar refractivity (Wildman–Crippen MR) is 74.8 cm³/mol. The summed E-state index contributed by atoms with van der Waals surface area (Å²) < 4.78 is 0. The van der Waals surface area contributed by atoms with Gasteiger partial charge in [0.15, 0.2) is 0 Å². The molecule has 3 atom stereocenters. The molecule has 1 fully saturated rings. The van der Waals surface area contributed by atoms with Crippen molar-refractivity contribution in [3.63, 3.8) is 0 Å². The Bertz CT molecular complexity index is 406. The Labute approximate surface area is 109 Å². The van der Waals surface area contributed by atoms with Crippen LogP contribution in [-0.2, 0) is 6.42 Å². The third-order valence-electron chi connectivity index (χ3n) is 4.80. The number of aliphatic hydroxyl groups is 1. The highest BCUT2D eigenvalue weighted by Crippen LogP contribution is 2.38. The summed E-state index contributed by atoms with van der Waals surface area (Å²) in [4.78, 5) is 0. The summed E-state index contributed by atoms with van der Waals surface area (Å²) in [7, 11) is 0. The molecule has 2 heteroatoms. The van der Waals surface area contributed by atoms with E-state index in [-0.39, 0.29) is 6.04 Å². The van der Waals surface area contributed by atoms with Crippen LogP contribution < -0.4 is 5.32 Å². The zero-order chi connectivity index (χ0) is 12.6. The SMILES string of the molecule is CC1CCCC(O)(C2Cc3ccccc3N2)CC1. The van der Waals surface area contributed by atoms with E-state index in [0.29, 0.717) is 0 Å². The van der Waals surface area contributed by atoms with Gasteiger partial charge in [-0.05, 0) is 43.2 Å². The summed E-state index contributed by atoms with van der Waals surface area (Å²) in [6.45, 7) is 2.31. The van der Waals surface area contributed by atoms with Crippen LogP contribution in [0, 0.1) is 5.92 Å². The van der Waals surface area contributed by atoms with Crippen molar-refractivity contribution in [3.05, 3.63) is 29.8 Å². The van der Waals surface area contributed by atoms with Crippen molar-refractivity contribution >= 4 is 5.69 Å². The Balaban J connectivity index is 1.76. The second-order valence-electron chi connectivity index (χ2n) is 6.20. The van der Waals surface area contributed by atoms with Crippen molar-refractivity contribution in [2.24, 2.45) is 5.92 Å². The minimum atomic E-state index is -0.510. The zero-order valence-corrected chi connectivity index (χ0v) is 11.2. The maximum Gasteiger partial charge on any atom is 0.0851 e. The van der Waals surface area contributed by atoms with Gasteiger partial charge < -0.3 is 10.4 Å². The lowest BCUT2D eigenvalue weighted by Gasteiger charge is -2.33. The van der Waals surface area contributed by atoms with Crippen LogP contribution in [0.5, 0.6) is 0 Å². The van der Waals surface area contributed by atoms with E-state index in [9.17, 15) is 5.11 Å². The molecule has 0 amide bonds. The van der Waals surface area contributed by atoms with Gasteiger partial charge in [-0.3, -0.25) is 0 Å². The first kappa shape index (κ1) is 12.0. The fraction of sp³-hybridized carbons (Fsp3) is 0.625. The standard InChI is InChI=1S/C16H23NO/c1-12-5-4-9-16(18,10-8-12)15-11-13-6-2-3-7-14(13)17-15/h2-3,6-7,12,15,17-18H,4-5,8-11H2,1H3. The van der Waals surface area contributed by atoms with Crippen molar-refractivity contribution in [2.75, 3.05) is 5.32 Å². The number of hydrogen-bond acceptors (Lipinski definition) is 2. The van der Waals surface area contributed by atoms with E-state index in [1.807, 2.05) is 0 Å². The molecule has 1 saturated carbocycles. The lowest BCUT2D eigenvalue weighted by Crippen LogP contribution is -2.45. The predicted octanol–water partition coefficient (Wildman–Crippen LogP) is 3.35. The lowest BCUT2D eigenvalue weighted by atomic mass is 9.84. The maximum absolute atomic E-state index is 11.0. The molecule has 3 unspecified atom stereocenters. The van der Waals surface area contributed by atoms with Crippen LogP contribution in [-0.4, -0.2) is 16.7 Å². The van der Waals surface area contributed by atoms with E-state index in [0.717, 1.165) is 38.0 Å². The molecule has 1 aromatic carbocycles. The number of benzene rings is 1. The van der Waals surface area contributed by atoms with E-state index in [4.69, 9.17) is 0 Å². The summed E-state index contributed by atoms with van der Waals surface area (Å²) in [5.74, 6) is 0.766. The molecule has 0 aromatic heterocycles.